The van der Waals surface area contributed by atoms with Gasteiger partial charge in [-0.05, 0) is 32.9 Å². The van der Waals surface area contributed by atoms with Crippen LogP contribution in [0.15, 0.2) is 0 Å². The van der Waals surface area contributed by atoms with E-state index < -0.39 is 0 Å². The first-order valence-corrected chi connectivity index (χ1v) is 7.22. The molecule has 100 valence electrons. The van der Waals surface area contributed by atoms with Crippen molar-refractivity contribution in [2.45, 2.75) is 37.1 Å². The summed E-state index contributed by atoms with van der Waals surface area (Å²) in [6.07, 6.45) is 4.00. The molecule has 2 unspecified atom stereocenters. The summed E-state index contributed by atoms with van der Waals surface area (Å²) < 4.78 is 4.66. The number of carbonyl (C=O) groups excluding carboxylic acids is 1. The second kappa shape index (κ2) is 8.06. The number of nitrogens with zero attached hydrogens (tertiary/aromatic N) is 1. The van der Waals surface area contributed by atoms with Crippen molar-refractivity contribution in [2.75, 3.05) is 33.3 Å². The van der Waals surface area contributed by atoms with Crippen molar-refractivity contribution < 1.29 is 9.53 Å². The predicted molar refractivity (Wildman–Crippen MR) is 72.5 cm³/mol. The molecule has 1 aliphatic heterocycles. The highest BCUT2D eigenvalue weighted by Crippen LogP contribution is 2.09. The third-order valence-electron chi connectivity index (χ3n) is 3.08. The number of hydrogen-bond donors (Lipinski definition) is 1. The Morgan fingerprint density at radius 3 is 2.65 bits per heavy atom. The molecule has 5 heteroatoms. The first-order chi connectivity index (χ1) is 8.13. The average Bonchev–Trinajstić information content (AvgIpc) is 2.36. The van der Waals surface area contributed by atoms with Crippen molar-refractivity contribution in [1.29, 1.82) is 0 Å². The molecule has 1 saturated heterocycles. The fourth-order valence-corrected chi connectivity index (χ4v) is 2.48. The van der Waals surface area contributed by atoms with Crippen molar-refractivity contribution in [3.8, 4) is 0 Å². The second-order valence-electron chi connectivity index (χ2n) is 4.66. The van der Waals surface area contributed by atoms with Crippen LogP contribution in [0.4, 0.5) is 0 Å². The molecule has 0 aliphatic carbocycles. The lowest BCUT2D eigenvalue weighted by Gasteiger charge is -2.29. The molecule has 0 amide bonds. The minimum atomic E-state index is -0.253. The van der Waals surface area contributed by atoms with E-state index in [4.69, 9.17) is 0 Å². The first-order valence-electron chi connectivity index (χ1n) is 6.31. The number of hydrogen-bond acceptors (Lipinski definition) is 4. The highest BCUT2D eigenvalue weighted by Gasteiger charge is 2.17. The number of alkyl halides is 1. The van der Waals surface area contributed by atoms with E-state index in [2.05, 4.69) is 37.8 Å². The van der Waals surface area contributed by atoms with Crippen LogP contribution < -0.4 is 5.32 Å². The van der Waals surface area contributed by atoms with Crippen LogP contribution >= 0.6 is 15.9 Å². The van der Waals surface area contributed by atoms with Gasteiger partial charge >= 0.3 is 5.97 Å². The Balaban J connectivity index is 2.15. The van der Waals surface area contributed by atoms with Crippen molar-refractivity contribution in [1.82, 2.24) is 10.2 Å². The van der Waals surface area contributed by atoms with E-state index in [9.17, 15) is 4.79 Å². The topological polar surface area (TPSA) is 41.6 Å². The largest absolute Gasteiger partial charge is 0.468 e. The van der Waals surface area contributed by atoms with Gasteiger partial charge in [0.1, 0.15) is 4.83 Å². The Bertz CT molecular complexity index is 233. The normalized spacial score (nSPS) is 20.9. The van der Waals surface area contributed by atoms with Gasteiger partial charge in [0.15, 0.2) is 0 Å². The number of likely N-dealkylation sites (tertiary alicyclic amines) is 1. The molecule has 0 aromatic heterocycles. The van der Waals surface area contributed by atoms with Gasteiger partial charge in [0.2, 0.25) is 0 Å². The van der Waals surface area contributed by atoms with Gasteiger partial charge in [0.25, 0.3) is 0 Å². The number of halogens is 1. The van der Waals surface area contributed by atoms with Crippen LogP contribution in [0, 0.1) is 0 Å². The highest BCUT2D eigenvalue weighted by atomic mass is 79.9. The van der Waals surface area contributed by atoms with Crippen LogP contribution in [-0.2, 0) is 9.53 Å². The average molecular weight is 307 g/mol. The van der Waals surface area contributed by atoms with Gasteiger partial charge in [0, 0.05) is 19.1 Å². The number of methoxy groups -OCH3 is 1. The van der Waals surface area contributed by atoms with E-state index in [1.807, 2.05) is 0 Å². The van der Waals surface area contributed by atoms with Crippen LogP contribution in [0.1, 0.15) is 26.2 Å². The maximum Gasteiger partial charge on any atom is 0.320 e. The number of nitrogens with one attached hydrogen (secondary N) is 1. The monoisotopic (exact) mass is 306 g/mol. The van der Waals surface area contributed by atoms with Crippen LogP contribution in [0.5, 0.6) is 0 Å². The molecule has 17 heavy (non-hydrogen) atoms. The van der Waals surface area contributed by atoms with E-state index in [1.54, 1.807) is 0 Å². The minimum Gasteiger partial charge on any atom is -0.468 e. The summed E-state index contributed by atoms with van der Waals surface area (Å²) >= 11 is 3.31. The van der Waals surface area contributed by atoms with Gasteiger partial charge in [-0.1, -0.05) is 22.4 Å². The third kappa shape index (κ3) is 5.84. The second-order valence-corrected chi connectivity index (χ2v) is 5.77. The van der Waals surface area contributed by atoms with Crippen molar-refractivity contribution in [3.63, 3.8) is 0 Å². The SMILES string of the molecule is COC(=O)C(Br)CNC(C)CN1CCCCC1. The summed E-state index contributed by atoms with van der Waals surface area (Å²) in [6, 6.07) is 0.401. The molecule has 0 spiro atoms. The first kappa shape index (κ1) is 14.9. The van der Waals surface area contributed by atoms with Crippen LogP contribution in [-0.4, -0.2) is 55.0 Å². The standard InChI is InChI=1S/C12H23BrN2O2/c1-10(9-15-6-4-3-5-7-15)14-8-11(13)12(16)17-2/h10-11,14H,3-9H2,1-2H3. The van der Waals surface area contributed by atoms with E-state index in [1.165, 1.54) is 39.5 Å². The fraction of sp³-hybridized carbons (Fsp3) is 0.917. The predicted octanol–water partition coefficient (Wildman–Crippen LogP) is 1.39. The number of piperidine rings is 1. The molecule has 0 radical (unpaired) electrons. The molecule has 1 aliphatic rings. The number of rotatable bonds is 6. The Hall–Kier alpha value is -0.130. The summed E-state index contributed by atoms with van der Waals surface area (Å²) in [5.41, 5.74) is 0. The van der Waals surface area contributed by atoms with Crippen LogP contribution in [0.25, 0.3) is 0 Å². The lowest BCUT2D eigenvalue weighted by atomic mass is 10.1. The molecule has 0 bridgehead atoms. The van der Waals surface area contributed by atoms with Gasteiger partial charge in [-0.25, -0.2) is 0 Å². The van der Waals surface area contributed by atoms with E-state index in [-0.39, 0.29) is 10.8 Å². The summed E-state index contributed by atoms with van der Waals surface area (Å²) in [7, 11) is 1.41. The Morgan fingerprint density at radius 2 is 2.06 bits per heavy atom. The number of ether oxygens (including phenoxy) is 1. The Kier molecular flexibility index (Phi) is 7.08. The molecular weight excluding hydrogens is 284 g/mol. The van der Waals surface area contributed by atoms with Gasteiger partial charge in [0.05, 0.1) is 7.11 Å². The van der Waals surface area contributed by atoms with E-state index in [0.29, 0.717) is 12.6 Å². The molecule has 1 fully saturated rings. The lowest BCUT2D eigenvalue weighted by Crippen LogP contribution is -2.44. The molecule has 0 aromatic carbocycles. The molecule has 1 rings (SSSR count). The maximum absolute atomic E-state index is 11.2. The molecular formula is C12H23BrN2O2. The minimum absolute atomic E-state index is 0.220. The molecule has 0 aromatic rings. The van der Waals surface area contributed by atoms with Crippen molar-refractivity contribution in [2.24, 2.45) is 0 Å². The van der Waals surface area contributed by atoms with Crippen molar-refractivity contribution >= 4 is 21.9 Å². The zero-order valence-electron chi connectivity index (χ0n) is 10.7. The quantitative estimate of drug-likeness (QED) is 0.595. The molecule has 1 N–H and O–H groups in total. The molecule has 1 heterocycles. The lowest BCUT2D eigenvalue weighted by molar-refractivity contribution is -0.139. The van der Waals surface area contributed by atoms with Crippen molar-refractivity contribution in [3.05, 3.63) is 0 Å². The highest BCUT2D eigenvalue weighted by molar-refractivity contribution is 9.10. The fourth-order valence-electron chi connectivity index (χ4n) is 2.11. The molecule has 4 nitrogen and oxygen atoms in total. The third-order valence-corrected chi connectivity index (χ3v) is 3.78. The zero-order valence-corrected chi connectivity index (χ0v) is 12.3. The summed E-state index contributed by atoms with van der Waals surface area (Å²) in [4.78, 5) is 13.4. The van der Waals surface area contributed by atoms with E-state index in [0.717, 1.165) is 6.54 Å². The number of carbonyl (C=O) groups is 1. The van der Waals surface area contributed by atoms with Gasteiger partial charge in [-0.15, -0.1) is 0 Å². The molecule has 0 saturated carbocycles. The summed E-state index contributed by atoms with van der Waals surface area (Å²) in [6.45, 7) is 6.25. The smallest absolute Gasteiger partial charge is 0.320 e. The van der Waals surface area contributed by atoms with Gasteiger partial charge in [-0.2, -0.15) is 0 Å². The Morgan fingerprint density at radius 1 is 1.41 bits per heavy atom. The van der Waals surface area contributed by atoms with Crippen LogP contribution in [0.3, 0.4) is 0 Å². The van der Waals surface area contributed by atoms with Gasteiger partial charge in [-0.3, -0.25) is 4.79 Å². The summed E-state index contributed by atoms with van der Waals surface area (Å²) in [5, 5.41) is 3.36. The number of esters is 1. The Labute approximate surface area is 112 Å². The summed E-state index contributed by atoms with van der Waals surface area (Å²) in [5.74, 6) is -0.220. The maximum atomic E-state index is 11.2. The van der Waals surface area contributed by atoms with E-state index >= 15 is 0 Å². The van der Waals surface area contributed by atoms with Crippen LogP contribution in [0.2, 0.25) is 0 Å². The molecule has 2 atom stereocenters. The van der Waals surface area contributed by atoms with Gasteiger partial charge < -0.3 is 15.0 Å². The zero-order chi connectivity index (χ0) is 12.7.